The number of hydrogen-bond acceptors (Lipinski definition) is 6. The van der Waals surface area contributed by atoms with Gasteiger partial charge in [-0.25, -0.2) is 14.5 Å². The van der Waals surface area contributed by atoms with E-state index in [-0.39, 0.29) is 5.82 Å². The van der Waals surface area contributed by atoms with Crippen molar-refractivity contribution in [2.24, 2.45) is 0 Å². The topological polar surface area (TPSA) is 107 Å². The Balaban J connectivity index is 2.12. The predicted molar refractivity (Wildman–Crippen MR) is 68.7 cm³/mol. The van der Waals surface area contributed by atoms with Crippen molar-refractivity contribution in [2.45, 2.75) is 13.0 Å². The predicted octanol–water partition coefficient (Wildman–Crippen LogP) is 0.929. The first-order chi connectivity index (χ1) is 9.66. The highest BCUT2D eigenvalue weighted by atomic mass is 16.4. The molecule has 0 saturated heterocycles. The number of tetrazole rings is 1. The first-order valence-electron chi connectivity index (χ1n) is 5.89. The van der Waals surface area contributed by atoms with E-state index in [1.807, 2.05) is 24.3 Å². The van der Waals surface area contributed by atoms with Crippen LogP contribution in [0.1, 0.15) is 13.0 Å². The lowest BCUT2D eigenvalue weighted by Gasteiger charge is -2.08. The number of carboxylic acid groups (broad SMARTS) is 1. The van der Waals surface area contributed by atoms with Gasteiger partial charge in [-0.3, -0.25) is 4.98 Å². The molecule has 1 N–H and O–H groups in total. The van der Waals surface area contributed by atoms with E-state index < -0.39 is 12.0 Å². The van der Waals surface area contributed by atoms with Gasteiger partial charge in [-0.1, -0.05) is 12.1 Å². The van der Waals surface area contributed by atoms with Gasteiger partial charge in [0.1, 0.15) is 5.69 Å². The van der Waals surface area contributed by atoms with Crippen molar-refractivity contribution in [3.8, 4) is 11.5 Å². The number of nitrogens with zero attached hydrogens (tertiary/aromatic N) is 6. The molecule has 0 spiro atoms. The molecular weight excluding hydrogens is 260 g/mol. The molecule has 1 aromatic carbocycles. The molecule has 100 valence electrons. The Kier molecular flexibility index (Phi) is 2.82. The van der Waals surface area contributed by atoms with Gasteiger partial charge < -0.3 is 5.11 Å². The van der Waals surface area contributed by atoms with Crippen LogP contribution in [-0.2, 0) is 4.79 Å². The van der Waals surface area contributed by atoms with Crippen molar-refractivity contribution >= 4 is 17.0 Å². The molecule has 3 rings (SSSR count). The summed E-state index contributed by atoms with van der Waals surface area (Å²) in [6, 6.07) is 6.50. The second-order valence-corrected chi connectivity index (χ2v) is 4.21. The van der Waals surface area contributed by atoms with Gasteiger partial charge in [-0.2, -0.15) is 0 Å². The number of carboxylic acids is 1. The molecular formula is C12H10N6O2. The van der Waals surface area contributed by atoms with Crippen LogP contribution in [0.5, 0.6) is 0 Å². The van der Waals surface area contributed by atoms with Crippen LogP contribution >= 0.6 is 0 Å². The quantitative estimate of drug-likeness (QED) is 0.754. The van der Waals surface area contributed by atoms with E-state index in [2.05, 4.69) is 25.5 Å². The fourth-order valence-corrected chi connectivity index (χ4v) is 1.79. The number of benzene rings is 1. The molecule has 8 nitrogen and oxygen atoms in total. The second kappa shape index (κ2) is 4.65. The van der Waals surface area contributed by atoms with Crippen LogP contribution in [0.25, 0.3) is 22.6 Å². The molecule has 1 unspecified atom stereocenters. The minimum Gasteiger partial charge on any atom is -0.480 e. The van der Waals surface area contributed by atoms with E-state index in [4.69, 9.17) is 5.11 Å². The highest BCUT2D eigenvalue weighted by molar-refractivity contribution is 5.76. The molecule has 20 heavy (non-hydrogen) atoms. The smallest absolute Gasteiger partial charge is 0.328 e. The summed E-state index contributed by atoms with van der Waals surface area (Å²) < 4.78 is 1.21. The number of fused-ring (bicyclic) bond motifs is 1. The molecule has 0 bridgehead atoms. The number of aromatic nitrogens is 6. The Bertz CT molecular complexity index is 784. The van der Waals surface area contributed by atoms with Crippen LogP contribution in [0, 0.1) is 0 Å². The van der Waals surface area contributed by atoms with Crippen molar-refractivity contribution in [1.82, 2.24) is 30.2 Å². The molecule has 0 saturated carbocycles. The lowest BCUT2D eigenvalue weighted by Crippen LogP contribution is -2.18. The van der Waals surface area contributed by atoms with Gasteiger partial charge in [0.05, 0.1) is 17.2 Å². The van der Waals surface area contributed by atoms with Crippen LogP contribution in [0.15, 0.2) is 30.5 Å². The van der Waals surface area contributed by atoms with Gasteiger partial charge in [0, 0.05) is 0 Å². The third-order valence-electron chi connectivity index (χ3n) is 2.89. The highest BCUT2D eigenvalue weighted by Crippen LogP contribution is 2.18. The van der Waals surface area contributed by atoms with Gasteiger partial charge in [0.2, 0.25) is 5.82 Å². The third kappa shape index (κ3) is 1.96. The molecule has 0 aliphatic rings. The molecule has 0 aliphatic heterocycles. The van der Waals surface area contributed by atoms with Gasteiger partial charge in [0.15, 0.2) is 6.04 Å². The minimum absolute atomic E-state index is 0.276. The molecule has 0 radical (unpaired) electrons. The fraction of sp³-hybridized carbons (Fsp3) is 0.167. The van der Waals surface area contributed by atoms with Crippen LogP contribution < -0.4 is 0 Å². The van der Waals surface area contributed by atoms with Crippen molar-refractivity contribution < 1.29 is 9.90 Å². The summed E-state index contributed by atoms with van der Waals surface area (Å²) >= 11 is 0. The van der Waals surface area contributed by atoms with E-state index in [1.165, 1.54) is 17.8 Å². The molecule has 2 aromatic heterocycles. The molecule has 0 amide bonds. The first kappa shape index (κ1) is 12.2. The number of hydrogen-bond donors (Lipinski definition) is 1. The maximum absolute atomic E-state index is 11.0. The first-order valence-corrected chi connectivity index (χ1v) is 5.89. The van der Waals surface area contributed by atoms with Crippen molar-refractivity contribution in [2.75, 3.05) is 0 Å². The Labute approximate surface area is 113 Å². The maximum Gasteiger partial charge on any atom is 0.328 e. The fourth-order valence-electron chi connectivity index (χ4n) is 1.79. The Morgan fingerprint density at radius 2 is 2.05 bits per heavy atom. The van der Waals surface area contributed by atoms with Gasteiger partial charge in [0.25, 0.3) is 0 Å². The summed E-state index contributed by atoms with van der Waals surface area (Å²) in [5.41, 5.74) is 1.88. The largest absolute Gasteiger partial charge is 0.480 e. The van der Waals surface area contributed by atoms with Crippen molar-refractivity contribution in [1.29, 1.82) is 0 Å². The Morgan fingerprint density at radius 1 is 1.30 bits per heavy atom. The van der Waals surface area contributed by atoms with Crippen LogP contribution in [0.3, 0.4) is 0 Å². The second-order valence-electron chi connectivity index (χ2n) is 4.21. The molecule has 1 atom stereocenters. The number of carbonyl (C=O) groups is 1. The number of rotatable bonds is 3. The average Bonchev–Trinajstić information content (AvgIpc) is 2.95. The summed E-state index contributed by atoms with van der Waals surface area (Å²) in [6.45, 7) is 1.50. The molecule has 0 aliphatic carbocycles. The monoisotopic (exact) mass is 270 g/mol. The zero-order valence-corrected chi connectivity index (χ0v) is 10.5. The minimum atomic E-state index is -1.02. The van der Waals surface area contributed by atoms with Crippen molar-refractivity contribution in [3.05, 3.63) is 30.5 Å². The molecule has 3 aromatic rings. The Morgan fingerprint density at radius 3 is 2.80 bits per heavy atom. The normalized spacial score (nSPS) is 12.4. The standard InChI is InChI=1S/C12H10N6O2/c1-7(12(19)20)18-11(15-16-17-18)10-6-13-8-4-2-3-5-9(8)14-10/h2-7H,1H3,(H,19,20). The summed E-state index contributed by atoms with van der Waals surface area (Å²) in [6.07, 6.45) is 1.53. The molecule has 8 heteroatoms. The highest BCUT2D eigenvalue weighted by Gasteiger charge is 2.21. The summed E-state index contributed by atoms with van der Waals surface area (Å²) in [4.78, 5) is 19.7. The lowest BCUT2D eigenvalue weighted by atomic mass is 10.3. The van der Waals surface area contributed by atoms with E-state index in [1.54, 1.807) is 0 Å². The number of aliphatic carboxylic acids is 1. The SMILES string of the molecule is CC(C(=O)O)n1nnnc1-c1cnc2ccccc2n1. The van der Waals surface area contributed by atoms with Crippen LogP contribution in [0.4, 0.5) is 0 Å². The zero-order chi connectivity index (χ0) is 14.1. The Hall–Kier alpha value is -2.90. The van der Waals surface area contributed by atoms with E-state index in [0.29, 0.717) is 11.2 Å². The lowest BCUT2D eigenvalue weighted by molar-refractivity contribution is -0.140. The van der Waals surface area contributed by atoms with E-state index in [0.717, 1.165) is 5.52 Å². The third-order valence-corrected chi connectivity index (χ3v) is 2.89. The van der Waals surface area contributed by atoms with Crippen LogP contribution in [-0.4, -0.2) is 41.3 Å². The van der Waals surface area contributed by atoms with Gasteiger partial charge >= 0.3 is 5.97 Å². The van der Waals surface area contributed by atoms with Crippen LogP contribution in [0.2, 0.25) is 0 Å². The molecule has 0 fully saturated rings. The van der Waals surface area contributed by atoms with Gasteiger partial charge in [-0.15, -0.1) is 5.10 Å². The summed E-state index contributed by atoms with van der Waals surface area (Å²) in [7, 11) is 0. The van der Waals surface area contributed by atoms with Gasteiger partial charge in [-0.05, 0) is 29.5 Å². The zero-order valence-electron chi connectivity index (χ0n) is 10.5. The summed E-state index contributed by atoms with van der Waals surface area (Å²) in [5.74, 6) is -0.745. The average molecular weight is 270 g/mol. The maximum atomic E-state index is 11.0. The van der Waals surface area contributed by atoms with Crippen molar-refractivity contribution in [3.63, 3.8) is 0 Å². The van der Waals surface area contributed by atoms with E-state index >= 15 is 0 Å². The number of para-hydroxylation sites is 2. The summed E-state index contributed by atoms with van der Waals surface area (Å²) in [5, 5.41) is 20.1. The molecule has 2 heterocycles. The van der Waals surface area contributed by atoms with E-state index in [9.17, 15) is 4.79 Å².